The van der Waals surface area contributed by atoms with Crippen LogP contribution in [-0.4, -0.2) is 55.5 Å². The molecule has 0 saturated carbocycles. The molecule has 4 aromatic rings. The smallest absolute Gasteiger partial charge is 0.226 e. The summed E-state index contributed by atoms with van der Waals surface area (Å²) in [7, 11) is 0. The zero-order chi connectivity index (χ0) is 22.1. The van der Waals surface area contributed by atoms with E-state index in [0.717, 1.165) is 5.69 Å². The number of hydrogen-bond acceptors (Lipinski definition) is 7. The topological polar surface area (TPSA) is 81.9 Å². The summed E-state index contributed by atoms with van der Waals surface area (Å²) >= 11 is 0. The lowest BCUT2D eigenvalue weighted by Crippen LogP contribution is -2.50. The van der Waals surface area contributed by atoms with Crippen LogP contribution in [0.3, 0.4) is 0 Å². The molecule has 9 heteroatoms. The fourth-order valence-electron chi connectivity index (χ4n) is 4.02. The molecule has 0 radical (unpaired) electrons. The van der Waals surface area contributed by atoms with Gasteiger partial charge in [0.1, 0.15) is 5.82 Å². The van der Waals surface area contributed by atoms with Crippen LogP contribution in [0.1, 0.15) is 13.8 Å². The average molecular weight is 431 g/mol. The van der Waals surface area contributed by atoms with Gasteiger partial charge in [-0.15, -0.1) is 5.10 Å². The van der Waals surface area contributed by atoms with Crippen LogP contribution in [0.4, 0.5) is 10.3 Å². The summed E-state index contributed by atoms with van der Waals surface area (Å²) in [5.74, 6) is 0.582. The predicted molar refractivity (Wildman–Crippen MR) is 118 cm³/mol. The molecule has 1 saturated heterocycles. The van der Waals surface area contributed by atoms with Crippen LogP contribution in [0.5, 0.6) is 0 Å². The van der Waals surface area contributed by atoms with Gasteiger partial charge < -0.3 is 9.64 Å². The first-order valence-corrected chi connectivity index (χ1v) is 10.5. The molecule has 32 heavy (non-hydrogen) atoms. The molecule has 5 rings (SSSR count). The molecule has 2 aromatic heterocycles. The lowest BCUT2D eigenvalue weighted by Gasteiger charge is -2.38. The number of halogens is 1. The zero-order valence-electron chi connectivity index (χ0n) is 17.8. The molecule has 3 heterocycles. The van der Waals surface area contributed by atoms with Crippen molar-refractivity contribution in [3.63, 3.8) is 0 Å². The fraction of sp³-hybridized carbons (Fsp3) is 0.261. The van der Waals surface area contributed by atoms with Crippen molar-refractivity contribution in [3.05, 3.63) is 66.6 Å². The fourth-order valence-corrected chi connectivity index (χ4v) is 4.02. The molecule has 1 aliphatic heterocycles. The first-order valence-electron chi connectivity index (χ1n) is 10.5. The summed E-state index contributed by atoms with van der Waals surface area (Å²) in [6.07, 6.45) is 1.67. The molecule has 2 aromatic carbocycles. The van der Waals surface area contributed by atoms with E-state index in [0.29, 0.717) is 41.8 Å². The van der Waals surface area contributed by atoms with E-state index in [-0.39, 0.29) is 17.9 Å². The Morgan fingerprint density at radius 3 is 2.41 bits per heavy atom. The molecule has 0 amide bonds. The van der Waals surface area contributed by atoms with Crippen LogP contribution >= 0.6 is 0 Å². The SMILES string of the molecule is CC1COCC(C)N1c1ncc(-c2nnnn2-c2ccccc2)c(-c2ccccc2F)n1. The van der Waals surface area contributed by atoms with Crippen molar-refractivity contribution in [2.45, 2.75) is 25.9 Å². The highest BCUT2D eigenvalue weighted by atomic mass is 19.1. The quantitative estimate of drug-likeness (QED) is 0.489. The van der Waals surface area contributed by atoms with Gasteiger partial charge in [-0.2, -0.15) is 4.68 Å². The minimum atomic E-state index is -0.375. The summed E-state index contributed by atoms with van der Waals surface area (Å²) in [4.78, 5) is 11.6. The lowest BCUT2D eigenvalue weighted by atomic mass is 10.1. The molecule has 0 N–H and O–H groups in total. The first-order chi connectivity index (χ1) is 15.6. The third-order valence-electron chi connectivity index (χ3n) is 5.51. The second kappa shape index (κ2) is 8.43. The van der Waals surface area contributed by atoms with Crippen LogP contribution in [0.15, 0.2) is 60.8 Å². The number of benzene rings is 2. The van der Waals surface area contributed by atoms with Crippen molar-refractivity contribution in [2.75, 3.05) is 18.1 Å². The molecular weight excluding hydrogens is 409 g/mol. The minimum absolute atomic E-state index is 0.0905. The lowest BCUT2D eigenvalue weighted by molar-refractivity contribution is 0.0747. The van der Waals surface area contributed by atoms with E-state index in [9.17, 15) is 4.39 Å². The summed E-state index contributed by atoms with van der Waals surface area (Å²) < 4.78 is 22.1. The van der Waals surface area contributed by atoms with Crippen LogP contribution < -0.4 is 4.90 Å². The van der Waals surface area contributed by atoms with Gasteiger partial charge in [0.15, 0.2) is 5.82 Å². The van der Waals surface area contributed by atoms with Crippen molar-refractivity contribution >= 4 is 5.95 Å². The molecule has 0 spiro atoms. The summed E-state index contributed by atoms with van der Waals surface area (Å²) in [5.41, 5.74) is 2.13. The molecule has 1 fully saturated rings. The van der Waals surface area contributed by atoms with Gasteiger partial charge in [0.25, 0.3) is 0 Å². The number of ether oxygens (including phenoxy) is 1. The maximum absolute atomic E-state index is 14.9. The van der Waals surface area contributed by atoms with E-state index in [1.807, 2.05) is 30.3 Å². The molecule has 162 valence electrons. The number of aromatic nitrogens is 6. The van der Waals surface area contributed by atoms with E-state index in [2.05, 4.69) is 39.3 Å². The van der Waals surface area contributed by atoms with E-state index in [1.165, 1.54) is 6.07 Å². The van der Waals surface area contributed by atoms with Crippen LogP contribution in [0.25, 0.3) is 28.3 Å². The highest BCUT2D eigenvalue weighted by Crippen LogP contribution is 2.33. The average Bonchev–Trinajstić information content (AvgIpc) is 3.30. The Labute approximate surface area is 184 Å². The highest BCUT2D eigenvalue weighted by molar-refractivity contribution is 5.78. The highest BCUT2D eigenvalue weighted by Gasteiger charge is 2.29. The maximum Gasteiger partial charge on any atom is 0.226 e. The van der Waals surface area contributed by atoms with E-state index in [4.69, 9.17) is 9.72 Å². The second-order valence-corrected chi connectivity index (χ2v) is 7.80. The molecule has 2 atom stereocenters. The monoisotopic (exact) mass is 431 g/mol. The molecule has 8 nitrogen and oxygen atoms in total. The first kappa shape index (κ1) is 20.2. The number of morpholine rings is 1. The summed E-state index contributed by atoms with van der Waals surface area (Å²) in [5, 5.41) is 12.2. The number of tetrazole rings is 1. The Morgan fingerprint density at radius 2 is 1.66 bits per heavy atom. The van der Waals surface area contributed by atoms with Gasteiger partial charge in [-0.1, -0.05) is 30.3 Å². The van der Waals surface area contributed by atoms with Crippen molar-refractivity contribution in [2.24, 2.45) is 0 Å². The van der Waals surface area contributed by atoms with E-state index >= 15 is 0 Å². The van der Waals surface area contributed by atoms with E-state index in [1.54, 1.807) is 29.1 Å². The number of anilines is 1. The molecule has 0 bridgehead atoms. The number of rotatable bonds is 4. The van der Waals surface area contributed by atoms with Crippen LogP contribution in [0.2, 0.25) is 0 Å². The Kier molecular flexibility index (Phi) is 5.32. The third kappa shape index (κ3) is 3.60. The van der Waals surface area contributed by atoms with E-state index < -0.39 is 0 Å². The molecule has 0 aliphatic carbocycles. The minimum Gasteiger partial charge on any atom is -0.377 e. The third-order valence-corrected chi connectivity index (χ3v) is 5.51. The van der Waals surface area contributed by atoms with Crippen molar-refractivity contribution in [1.82, 2.24) is 30.2 Å². The molecule has 1 aliphatic rings. The standard InChI is InChI=1S/C23H22FN7O/c1-15-13-32-14-16(2)30(15)23-25-12-19(21(26-23)18-10-6-7-11-20(18)24)22-27-28-29-31(22)17-8-4-3-5-9-17/h3-12,15-16H,13-14H2,1-2H3. The van der Waals surface area contributed by atoms with Gasteiger partial charge in [0.05, 0.1) is 42.2 Å². The number of hydrogen-bond donors (Lipinski definition) is 0. The maximum atomic E-state index is 14.9. The van der Waals surface area contributed by atoms with Crippen LogP contribution in [0, 0.1) is 5.82 Å². The van der Waals surface area contributed by atoms with Crippen molar-refractivity contribution in [3.8, 4) is 28.3 Å². The van der Waals surface area contributed by atoms with Gasteiger partial charge in [-0.05, 0) is 48.5 Å². The van der Waals surface area contributed by atoms with Crippen molar-refractivity contribution in [1.29, 1.82) is 0 Å². The number of nitrogens with zero attached hydrogens (tertiary/aromatic N) is 7. The summed E-state index contributed by atoms with van der Waals surface area (Å²) in [6, 6.07) is 16.3. The van der Waals surface area contributed by atoms with Gasteiger partial charge >= 0.3 is 0 Å². The van der Waals surface area contributed by atoms with Gasteiger partial charge in [-0.25, -0.2) is 14.4 Å². The largest absolute Gasteiger partial charge is 0.377 e. The Morgan fingerprint density at radius 1 is 0.938 bits per heavy atom. The van der Waals surface area contributed by atoms with Gasteiger partial charge in [0.2, 0.25) is 5.95 Å². The zero-order valence-corrected chi connectivity index (χ0v) is 17.8. The summed E-state index contributed by atoms with van der Waals surface area (Å²) in [6.45, 7) is 5.28. The predicted octanol–water partition coefficient (Wildman–Crippen LogP) is 3.54. The Bertz CT molecular complexity index is 1220. The second-order valence-electron chi connectivity index (χ2n) is 7.80. The van der Waals surface area contributed by atoms with Crippen molar-refractivity contribution < 1.29 is 9.13 Å². The molecule has 2 unspecified atom stereocenters. The molecular formula is C23H22FN7O. The van der Waals surface area contributed by atoms with Gasteiger partial charge in [-0.3, -0.25) is 0 Å². The normalized spacial score (nSPS) is 18.7. The number of para-hydroxylation sites is 1. The Hall–Kier alpha value is -3.72. The van der Waals surface area contributed by atoms with Gasteiger partial charge in [0, 0.05) is 11.8 Å². The van der Waals surface area contributed by atoms with Crippen LogP contribution in [-0.2, 0) is 4.74 Å². The Balaban J connectivity index is 1.69.